The van der Waals surface area contributed by atoms with Crippen molar-refractivity contribution >= 4 is 11.0 Å². The second kappa shape index (κ2) is 8.04. The highest BCUT2D eigenvalue weighted by molar-refractivity contribution is 5.81. The average molecular weight is 396 g/mol. The Balaban J connectivity index is 1.70. The van der Waals surface area contributed by atoms with Crippen LogP contribution in [0.25, 0.3) is 22.6 Å². The number of hydrogen-bond donors (Lipinski definition) is 2. The summed E-state index contributed by atoms with van der Waals surface area (Å²) in [5.74, 6) is 1.08. The van der Waals surface area contributed by atoms with Crippen molar-refractivity contribution in [3.05, 3.63) is 44.1 Å². The van der Waals surface area contributed by atoms with Crippen LogP contribution >= 0.6 is 0 Å². The lowest BCUT2D eigenvalue weighted by molar-refractivity contribution is 0.175. The van der Waals surface area contributed by atoms with Gasteiger partial charge in [0.25, 0.3) is 5.56 Å². The van der Waals surface area contributed by atoms with E-state index in [4.69, 9.17) is 5.73 Å². The van der Waals surface area contributed by atoms with Crippen LogP contribution in [0, 0.1) is 19.8 Å². The number of rotatable bonds is 5. The second-order valence-corrected chi connectivity index (χ2v) is 8.09. The maximum atomic E-state index is 12.4. The molecule has 0 aliphatic carbocycles. The third kappa shape index (κ3) is 3.95. The zero-order valence-electron chi connectivity index (χ0n) is 17.1. The monoisotopic (exact) mass is 396 g/mol. The molecule has 0 bridgehead atoms. The predicted molar refractivity (Wildman–Crippen MR) is 113 cm³/mol. The molecule has 3 aliphatic rings. The van der Waals surface area contributed by atoms with E-state index < -0.39 is 11.2 Å². The van der Waals surface area contributed by atoms with Gasteiger partial charge in [-0.2, -0.15) is 4.98 Å². The molecule has 154 valence electrons. The molecular formula is C21H28N6O2. The lowest BCUT2D eigenvalue weighted by Gasteiger charge is -2.32. The molecule has 0 saturated carbocycles. The van der Waals surface area contributed by atoms with E-state index in [1.165, 1.54) is 12.8 Å². The molecule has 0 spiro atoms. The first-order valence-electron chi connectivity index (χ1n) is 10.3. The van der Waals surface area contributed by atoms with Gasteiger partial charge < -0.3 is 15.2 Å². The number of aromatic amines is 1. The van der Waals surface area contributed by atoms with Gasteiger partial charge in [-0.25, -0.2) is 9.78 Å². The molecule has 3 N–H and O–H groups in total. The van der Waals surface area contributed by atoms with Crippen LogP contribution in [0.5, 0.6) is 0 Å². The number of likely N-dealkylation sites (tertiary alicyclic amines) is 1. The Morgan fingerprint density at radius 3 is 2.55 bits per heavy atom. The quantitative estimate of drug-likeness (QED) is 0.629. The number of benzene rings is 1. The van der Waals surface area contributed by atoms with Gasteiger partial charge in [0, 0.05) is 13.1 Å². The number of fused-ring (bicyclic) bond motifs is 2. The number of hydrogen-bond acceptors (Lipinski definition) is 6. The van der Waals surface area contributed by atoms with Crippen molar-refractivity contribution in [1.29, 1.82) is 0 Å². The summed E-state index contributed by atoms with van der Waals surface area (Å²) in [6, 6.07) is 4.06. The van der Waals surface area contributed by atoms with E-state index in [-0.39, 0.29) is 5.69 Å². The molecule has 1 aromatic carbocycles. The third-order valence-electron chi connectivity index (χ3n) is 6.15. The summed E-state index contributed by atoms with van der Waals surface area (Å²) in [6.07, 6.45) is 3.43. The largest absolute Gasteiger partial charge is 0.349 e. The zero-order valence-corrected chi connectivity index (χ0v) is 17.1. The Kier molecular flexibility index (Phi) is 5.47. The van der Waals surface area contributed by atoms with E-state index in [1.54, 1.807) is 0 Å². The van der Waals surface area contributed by atoms with Crippen LogP contribution in [0.15, 0.2) is 21.7 Å². The molecular weight excluding hydrogens is 368 g/mol. The zero-order chi connectivity index (χ0) is 20.5. The Morgan fingerprint density at radius 1 is 1.10 bits per heavy atom. The van der Waals surface area contributed by atoms with Crippen molar-refractivity contribution in [2.24, 2.45) is 11.7 Å². The smallest absolute Gasteiger partial charge is 0.330 e. The molecule has 8 nitrogen and oxygen atoms in total. The summed E-state index contributed by atoms with van der Waals surface area (Å²) >= 11 is 0. The lowest BCUT2D eigenvalue weighted by atomic mass is 9.94. The highest BCUT2D eigenvalue weighted by atomic mass is 16.2. The van der Waals surface area contributed by atoms with Gasteiger partial charge in [0.2, 0.25) is 0 Å². The molecule has 3 aliphatic heterocycles. The Hall–Kier alpha value is -2.58. The predicted octanol–water partition coefficient (Wildman–Crippen LogP) is 1.26. The first-order valence-corrected chi connectivity index (χ1v) is 10.3. The van der Waals surface area contributed by atoms with Gasteiger partial charge in [-0.15, -0.1) is 0 Å². The molecule has 29 heavy (non-hydrogen) atoms. The molecule has 4 rings (SSSR count). The lowest BCUT2D eigenvalue weighted by Crippen LogP contribution is -2.37. The molecule has 0 atom stereocenters. The van der Waals surface area contributed by atoms with E-state index in [9.17, 15) is 9.59 Å². The summed E-state index contributed by atoms with van der Waals surface area (Å²) in [5.41, 5.74) is 8.68. The summed E-state index contributed by atoms with van der Waals surface area (Å²) < 4.78 is 1.98. The van der Waals surface area contributed by atoms with Gasteiger partial charge in [0.15, 0.2) is 11.5 Å². The van der Waals surface area contributed by atoms with E-state index >= 15 is 0 Å². The maximum Gasteiger partial charge on any atom is 0.349 e. The number of nitrogens with zero attached hydrogens (tertiary/aromatic N) is 4. The van der Waals surface area contributed by atoms with Gasteiger partial charge >= 0.3 is 5.69 Å². The number of nitrogens with one attached hydrogen (secondary N) is 1. The Morgan fingerprint density at radius 2 is 1.83 bits per heavy atom. The fraction of sp³-hybridized carbons (Fsp3) is 0.524. The van der Waals surface area contributed by atoms with Crippen LogP contribution < -0.4 is 17.0 Å². The van der Waals surface area contributed by atoms with Crippen molar-refractivity contribution in [1.82, 2.24) is 24.4 Å². The van der Waals surface area contributed by atoms with Gasteiger partial charge in [-0.05, 0) is 81.9 Å². The molecule has 3 heterocycles. The molecule has 0 radical (unpaired) electrons. The normalized spacial score (nSPS) is 16.1. The van der Waals surface area contributed by atoms with Crippen molar-refractivity contribution in [2.45, 2.75) is 39.7 Å². The summed E-state index contributed by atoms with van der Waals surface area (Å²) in [5, 5.41) is 0. The van der Waals surface area contributed by atoms with Gasteiger partial charge in [-0.1, -0.05) is 0 Å². The molecule has 1 fully saturated rings. The van der Waals surface area contributed by atoms with Crippen molar-refractivity contribution in [3.63, 3.8) is 0 Å². The minimum absolute atomic E-state index is 0.210. The van der Waals surface area contributed by atoms with Crippen LogP contribution in [0.3, 0.4) is 0 Å². The molecule has 0 unspecified atom stereocenters. The molecule has 1 saturated heterocycles. The first kappa shape index (κ1) is 19.7. The van der Waals surface area contributed by atoms with Crippen LogP contribution in [0.1, 0.15) is 30.4 Å². The van der Waals surface area contributed by atoms with Crippen LogP contribution in [0.4, 0.5) is 0 Å². The number of aryl methyl sites for hydroxylation is 2. The van der Waals surface area contributed by atoms with Gasteiger partial charge in [0.05, 0.1) is 11.0 Å². The summed E-state index contributed by atoms with van der Waals surface area (Å²) in [7, 11) is 0. The minimum atomic E-state index is -0.635. The Labute approximate surface area is 169 Å². The fourth-order valence-electron chi connectivity index (χ4n) is 4.25. The SMILES string of the molecule is Cc1cc2nc3c(=O)[nH]c(=O)nc-3n(CCN3CCC(CCN)CC3)c2cc1C. The average Bonchev–Trinajstić information content (AvgIpc) is 2.68. The van der Waals surface area contributed by atoms with E-state index in [1.807, 2.05) is 17.6 Å². The third-order valence-corrected chi connectivity index (χ3v) is 6.15. The van der Waals surface area contributed by atoms with Gasteiger partial charge in [-0.3, -0.25) is 9.78 Å². The second-order valence-electron chi connectivity index (χ2n) is 8.09. The Bertz CT molecular complexity index is 1110. The van der Waals surface area contributed by atoms with Crippen molar-refractivity contribution in [3.8, 4) is 11.5 Å². The van der Waals surface area contributed by atoms with E-state index in [0.717, 1.165) is 60.7 Å². The van der Waals surface area contributed by atoms with Crippen molar-refractivity contribution < 1.29 is 0 Å². The standard InChI is InChI=1S/C21H28N6O2/c1-13-11-16-17(12-14(13)2)27(19-18(23-16)20(28)25-21(29)24-19)10-9-26-7-4-15(3-6-22)5-8-26/h11-12,15H,3-10,22H2,1-2H3,(H,25,28,29). The van der Waals surface area contributed by atoms with E-state index in [2.05, 4.69) is 32.8 Å². The number of aromatic nitrogens is 4. The number of nitrogens with two attached hydrogens (primary N) is 1. The van der Waals surface area contributed by atoms with Crippen LogP contribution in [0.2, 0.25) is 0 Å². The van der Waals surface area contributed by atoms with Gasteiger partial charge in [0.1, 0.15) is 0 Å². The minimum Gasteiger partial charge on any atom is -0.330 e. The highest BCUT2D eigenvalue weighted by Gasteiger charge is 2.22. The number of H-pyrrole nitrogens is 1. The first-order chi connectivity index (χ1) is 14.0. The van der Waals surface area contributed by atoms with Crippen molar-refractivity contribution in [2.75, 3.05) is 26.2 Å². The highest BCUT2D eigenvalue weighted by Crippen LogP contribution is 2.24. The molecule has 1 aromatic rings. The topological polar surface area (TPSA) is 110 Å². The maximum absolute atomic E-state index is 12.4. The summed E-state index contributed by atoms with van der Waals surface area (Å²) in [4.78, 5) is 37.5. The molecule has 0 aromatic heterocycles. The molecule has 8 heteroatoms. The van der Waals surface area contributed by atoms with Crippen LogP contribution in [-0.2, 0) is 6.54 Å². The summed E-state index contributed by atoms with van der Waals surface area (Å²) in [6.45, 7) is 8.41. The fourth-order valence-corrected chi connectivity index (χ4v) is 4.25. The molecule has 0 amide bonds. The number of piperidine rings is 1. The van der Waals surface area contributed by atoms with E-state index in [0.29, 0.717) is 12.4 Å². The van der Waals surface area contributed by atoms with Crippen LogP contribution in [-0.4, -0.2) is 50.6 Å².